The minimum atomic E-state index is 0.185. The molecule has 2 aromatic rings. The van der Waals surface area contributed by atoms with Crippen molar-refractivity contribution in [1.29, 1.82) is 0 Å². The molecule has 1 heterocycles. The molecule has 6 heteroatoms. The van der Waals surface area contributed by atoms with Gasteiger partial charge in [-0.25, -0.2) is 0 Å². The van der Waals surface area contributed by atoms with Crippen LogP contribution < -0.4 is 10.2 Å². The molecule has 0 fully saturated rings. The third-order valence-electron chi connectivity index (χ3n) is 2.57. The van der Waals surface area contributed by atoms with Crippen LogP contribution >= 0.6 is 11.6 Å². The molecule has 100 valence electrons. The van der Waals surface area contributed by atoms with Gasteiger partial charge in [0, 0.05) is 20.6 Å². The lowest BCUT2D eigenvalue weighted by molar-refractivity contribution is 0.942. The van der Waals surface area contributed by atoms with Crippen LogP contribution in [0, 0.1) is 6.92 Å². The van der Waals surface area contributed by atoms with Crippen LogP contribution in [0.1, 0.15) is 11.1 Å². The van der Waals surface area contributed by atoms with Gasteiger partial charge in [0.15, 0.2) is 0 Å². The molecule has 0 aliphatic heterocycles. The largest absolute Gasteiger partial charge is 0.350 e. The van der Waals surface area contributed by atoms with E-state index in [9.17, 15) is 0 Å². The van der Waals surface area contributed by atoms with E-state index in [1.165, 1.54) is 5.56 Å². The van der Waals surface area contributed by atoms with Crippen LogP contribution in [0.15, 0.2) is 24.3 Å². The molecule has 1 aromatic carbocycles. The Balaban J connectivity index is 2.08. The fourth-order valence-corrected chi connectivity index (χ4v) is 1.66. The van der Waals surface area contributed by atoms with Gasteiger partial charge in [-0.05, 0) is 24.1 Å². The van der Waals surface area contributed by atoms with Gasteiger partial charge in [0.25, 0.3) is 0 Å². The van der Waals surface area contributed by atoms with Crippen LogP contribution in [0.4, 0.5) is 11.9 Å². The van der Waals surface area contributed by atoms with Crippen molar-refractivity contribution in [2.45, 2.75) is 13.5 Å². The highest BCUT2D eigenvalue weighted by Gasteiger charge is 2.06. The van der Waals surface area contributed by atoms with Gasteiger partial charge in [-0.3, -0.25) is 0 Å². The molecule has 2 rings (SSSR count). The van der Waals surface area contributed by atoms with E-state index < -0.39 is 0 Å². The fraction of sp³-hybridized carbons (Fsp3) is 0.308. The summed E-state index contributed by atoms with van der Waals surface area (Å²) in [6.45, 7) is 2.71. The third-order valence-corrected chi connectivity index (χ3v) is 2.74. The molecule has 0 aliphatic rings. The minimum Gasteiger partial charge on any atom is -0.350 e. The molecule has 0 radical (unpaired) electrons. The van der Waals surface area contributed by atoms with Gasteiger partial charge in [-0.1, -0.05) is 29.8 Å². The van der Waals surface area contributed by atoms with Crippen LogP contribution in [-0.2, 0) is 6.54 Å². The molecule has 0 saturated heterocycles. The zero-order valence-corrected chi connectivity index (χ0v) is 11.9. The molecule has 1 N–H and O–H groups in total. The van der Waals surface area contributed by atoms with Gasteiger partial charge >= 0.3 is 0 Å². The summed E-state index contributed by atoms with van der Waals surface area (Å²) in [4.78, 5) is 14.1. The van der Waals surface area contributed by atoms with E-state index >= 15 is 0 Å². The molecule has 0 atom stereocenters. The normalized spacial score (nSPS) is 10.3. The van der Waals surface area contributed by atoms with Gasteiger partial charge < -0.3 is 10.2 Å². The zero-order chi connectivity index (χ0) is 13.8. The lowest BCUT2D eigenvalue weighted by Crippen LogP contribution is -2.15. The van der Waals surface area contributed by atoms with E-state index in [-0.39, 0.29) is 5.28 Å². The van der Waals surface area contributed by atoms with E-state index in [0.29, 0.717) is 18.4 Å². The summed E-state index contributed by atoms with van der Waals surface area (Å²) in [7, 11) is 3.71. The molecule has 0 bridgehead atoms. The Hall–Kier alpha value is -1.88. The maximum absolute atomic E-state index is 5.87. The van der Waals surface area contributed by atoms with E-state index in [2.05, 4.69) is 51.5 Å². The Bertz CT molecular complexity index is 553. The number of anilines is 2. The lowest BCUT2D eigenvalue weighted by atomic mass is 10.1. The Morgan fingerprint density at radius 1 is 1.11 bits per heavy atom. The first kappa shape index (κ1) is 13.5. The first-order valence-electron chi connectivity index (χ1n) is 5.93. The van der Waals surface area contributed by atoms with Gasteiger partial charge in [0.1, 0.15) is 0 Å². The quantitative estimate of drug-likeness (QED) is 0.931. The Kier molecular flexibility index (Phi) is 4.16. The number of halogens is 1. The monoisotopic (exact) mass is 277 g/mol. The standard InChI is InChI=1S/C13H16ClN5/c1-9-4-6-10(7-5-9)8-15-12-16-11(14)17-13(18-12)19(2)3/h4-7H,8H2,1-3H3,(H,15,16,17,18). The molecular formula is C13H16ClN5. The fourth-order valence-electron chi connectivity index (χ4n) is 1.51. The van der Waals surface area contributed by atoms with Gasteiger partial charge in [-0.2, -0.15) is 15.0 Å². The van der Waals surface area contributed by atoms with E-state index in [0.717, 1.165) is 5.56 Å². The topological polar surface area (TPSA) is 53.9 Å². The first-order chi connectivity index (χ1) is 9.04. The number of aryl methyl sites for hydroxylation is 1. The number of hydrogen-bond acceptors (Lipinski definition) is 5. The number of nitrogens with one attached hydrogen (secondary N) is 1. The highest BCUT2D eigenvalue weighted by atomic mass is 35.5. The van der Waals surface area contributed by atoms with Crippen molar-refractivity contribution in [2.75, 3.05) is 24.3 Å². The zero-order valence-electron chi connectivity index (χ0n) is 11.2. The maximum atomic E-state index is 5.87. The summed E-state index contributed by atoms with van der Waals surface area (Å²) < 4.78 is 0. The highest BCUT2D eigenvalue weighted by Crippen LogP contribution is 2.12. The molecule has 5 nitrogen and oxygen atoms in total. The molecular weight excluding hydrogens is 262 g/mol. The van der Waals surface area contributed by atoms with Crippen molar-refractivity contribution in [2.24, 2.45) is 0 Å². The predicted molar refractivity (Wildman–Crippen MR) is 77.7 cm³/mol. The van der Waals surface area contributed by atoms with Gasteiger partial charge in [-0.15, -0.1) is 0 Å². The van der Waals surface area contributed by atoms with E-state index in [1.54, 1.807) is 4.90 Å². The number of aromatic nitrogens is 3. The van der Waals surface area contributed by atoms with Gasteiger partial charge in [0.2, 0.25) is 17.2 Å². The molecule has 19 heavy (non-hydrogen) atoms. The van der Waals surface area contributed by atoms with Crippen molar-refractivity contribution in [1.82, 2.24) is 15.0 Å². The van der Waals surface area contributed by atoms with Crippen molar-refractivity contribution < 1.29 is 0 Å². The number of nitrogens with zero attached hydrogens (tertiary/aromatic N) is 4. The summed E-state index contributed by atoms with van der Waals surface area (Å²) in [5.74, 6) is 1.01. The number of benzene rings is 1. The Morgan fingerprint density at radius 2 is 1.79 bits per heavy atom. The predicted octanol–water partition coefficient (Wildman–Crippen LogP) is 2.51. The third kappa shape index (κ3) is 3.79. The average molecular weight is 278 g/mol. The number of rotatable bonds is 4. The summed E-state index contributed by atoms with van der Waals surface area (Å²) in [5.41, 5.74) is 2.40. The SMILES string of the molecule is Cc1ccc(CNc2nc(Cl)nc(N(C)C)n2)cc1. The summed E-state index contributed by atoms with van der Waals surface area (Å²) in [6, 6.07) is 8.28. The van der Waals surface area contributed by atoms with E-state index in [4.69, 9.17) is 11.6 Å². The molecule has 0 aliphatic carbocycles. The van der Waals surface area contributed by atoms with Gasteiger partial charge in [0.05, 0.1) is 0 Å². The number of hydrogen-bond donors (Lipinski definition) is 1. The van der Waals surface area contributed by atoms with Crippen LogP contribution in [0.3, 0.4) is 0 Å². The minimum absolute atomic E-state index is 0.185. The van der Waals surface area contributed by atoms with Crippen molar-refractivity contribution in [3.63, 3.8) is 0 Å². The second-order valence-electron chi connectivity index (χ2n) is 4.46. The van der Waals surface area contributed by atoms with Crippen LogP contribution in [0.25, 0.3) is 0 Å². The van der Waals surface area contributed by atoms with Crippen LogP contribution in [0.5, 0.6) is 0 Å². The van der Waals surface area contributed by atoms with Crippen molar-refractivity contribution in [3.8, 4) is 0 Å². The molecule has 0 unspecified atom stereocenters. The smallest absolute Gasteiger partial charge is 0.230 e. The summed E-state index contributed by atoms with van der Waals surface area (Å²) in [6.07, 6.45) is 0. The van der Waals surface area contributed by atoms with Crippen molar-refractivity contribution in [3.05, 3.63) is 40.7 Å². The second kappa shape index (κ2) is 5.84. The Morgan fingerprint density at radius 3 is 2.42 bits per heavy atom. The molecule has 0 saturated carbocycles. The molecule has 0 spiro atoms. The Labute approximate surface area is 117 Å². The van der Waals surface area contributed by atoms with Crippen molar-refractivity contribution >= 4 is 23.5 Å². The summed E-state index contributed by atoms with van der Waals surface area (Å²) >= 11 is 5.87. The molecule has 0 amide bonds. The molecule has 1 aromatic heterocycles. The lowest BCUT2D eigenvalue weighted by Gasteiger charge is -2.11. The highest BCUT2D eigenvalue weighted by molar-refractivity contribution is 6.28. The second-order valence-corrected chi connectivity index (χ2v) is 4.80. The van der Waals surface area contributed by atoms with Crippen LogP contribution in [0.2, 0.25) is 5.28 Å². The van der Waals surface area contributed by atoms with Crippen LogP contribution in [-0.4, -0.2) is 29.0 Å². The summed E-state index contributed by atoms with van der Waals surface area (Å²) in [5, 5.41) is 3.33. The first-order valence-corrected chi connectivity index (χ1v) is 6.31. The van der Waals surface area contributed by atoms with E-state index in [1.807, 2.05) is 14.1 Å². The average Bonchev–Trinajstić information content (AvgIpc) is 2.37. The maximum Gasteiger partial charge on any atom is 0.230 e.